The minimum absolute atomic E-state index is 0.0188. The number of amides is 3. The maximum absolute atomic E-state index is 13.7. The SMILES string of the molecule is CC(C)CC(NC(=O)c1ccc2ccccc2n1)C(=O)N1CC[C@@H]2[C@H]1C(=O)CN2C(=O)c1ccccc1. The number of hydrogen-bond donors (Lipinski definition) is 1. The summed E-state index contributed by atoms with van der Waals surface area (Å²) in [6.45, 7) is 4.30. The van der Waals surface area contributed by atoms with E-state index in [0.29, 0.717) is 30.5 Å². The summed E-state index contributed by atoms with van der Waals surface area (Å²) in [4.78, 5) is 60.6. The number of pyridine rings is 1. The van der Waals surface area contributed by atoms with Gasteiger partial charge in [-0.15, -0.1) is 0 Å². The molecular formula is C29H30N4O4. The summed E-state index contributed by atoms with van der Waals surface area (Å²) in [5, 5.41) is 3.80. The van der Waals surface area contributed by atoms with Crippen LogP contribution in [-0.2, 0) is 9.59 Å². The number of carbonyl (C=O) groups excluding carboxylic acids is 4. The standard InChI is InChI=1S/C29H30N4O4/c1-18(2)16-23(31-27(35)22-13-12-19-8-6-7-11-21(19)30-22)29(37)32-15-14-24-26(32)25(34)17-33(24)28(36)20-9-4-3-5-10-20/h3-13,18,23-24,26H,14-17H2,1-2H3,(H,31,35)/t23?,24-,26+/m1/s1. The summed E-state index contributed by atoms with van der Waals surface area (Å²) in [7, 11) is 0. The molecule has 8 heteroatoms. The van der Waals surface area contributed by atoms with Crippen molar-refractivity contribution in [1.29, 1.82) is 0 Å². The predicted molar refractivity (Wildman–Crippen MR) is 139 cm³/mol. The van der Waals surface area contributed by atoms with Gasteiger partial charge in [-0.2, -0.15) is 0 Å². The molecule has 3 amide bonds. The Morgan fingerprint density at radius 2 is 1.70 bits per heavy atom. The Labute approximate surface area is 215 Å². The molecule has 0 spiro atoms. The fourth-order valence-corrected chi connectivity index (χ4v) is 5.40. The molecule has 1 N–H and O–H groups in total. The van der Waals surface area contributed by atoms with Gasteiger partial charge < -0.3 is 15.1 Å². The molecular weight excluding hydrogens is 468 g/mol. The van der Waals surface area contributed by atoms with Gasteiger partial charge in [0.15, 0.2) is 5.78 Å². The molecule has 2 aliphatic heterocycles. The summed E-state index contributed by atoms with van der Waals surface area (Å²) in [5.41, 5.74) is 1.45. The Hall–Kier alpha value is -4.07. The number of likely N-dealkylation sites (tertiary alicyclic amines) is 2. The number of benzene rings is 2. The van der Waals surface area contributed by atoms with Crippen LogP contribution in [0.25, 0.3) is 10.9 Å². The van der Waals surface area contributed by atoms with Gasteiger partial charge in [-0.05, 0) is 43.0 Å². The Morgan fingerprint density at radius 1 is 0.973 bits per heavy atom. The number of ketones is 1. The fourth-order valence-electron chi connectivity index (χ4n) is 5.40. The second-order valence-electron chi connectivity index (χ2n) is 10.1. The monoisotopic (exact) mass is 498 g/mol. The van der Waals surface area contributed by atoms with Crippen molar-refractivity contribution in [2.45, 2.75) is 44.8 Å². The number of para-hydroxylation sites is 1. The van der Waals surface area contributed by atoms with E-state index in [4.69, 9.17) is 0 Å². The lowest BCUT2D eigenvalue weighted by Gasteiger charge is -2.29. The van der Waals surface area contributed by atoms with Crippen LogP contribution in [0.4, 0.5) is 0 Å². The van der Waals surface area contributed by atoms with Crippen molar-refractivity contribution in [3.05, 3.63) is 78.0 Å². The first kappa shape index (κ1) is 24.6. The molecule has 37 heavy (non-hydrogen) atoms. The predicted octanol–water partition coefficient (Wildman–Crippen LogP) is 3.07. The third-order valence-electron chi connectivity index (χ3n) is 7.13. The summed E-state index contributed by atoms with van der Waals surface area (Å²) in [5.74, 6) is -0.944. The van der Waals surface area contributed by atoms with Crippen molar-refractivity contribution in [2.24, 2.45) is 5.92 Å². The van der Waals surface area contributed by atoms with E-state index in [2.05, 4.69) is 10.3 Å². The zero-order valence-electron chi connectivity index (χ0n) is 21.0. The second kappa shape index (κ2) is 10.1. The second-order valence-corrected chi connectivity index (χ2v) is 10.1. The van der Waals surface area contributed by atoms with Crippen LogP contribution in [0.5, 0.6) is 0 Å². The number of hydrogen-bond acceptors (Lipinski definition) is 5. The van der Waals surface area contributed by atoms with Crippen molar-refractivity contribution in [1.82, 2.24) is 20.1 Å². The summed E-state index contributed by atoms with van der Waals surface area (Å²) in [6.07, 6.45) is 0.947. The van der Waals surface area contributed by atoms with Gasteiger partial charge >= 0.3 is 0 Å². The van der Waals surface area contributed by atoms with Crippen molar-refractivity contribution >= 4 is 34.4 Å². The molecule has 0 radical (unpaired) electrons. The van der Waals surface area contributed by atoms with Crippen LogP contribution in [0.3, 0.4) is 0 Å². The van der Waals surface area contributed by atoms with Crippen molar-refractivity contribution in [3.63, 3.8) is 0 Å². The molecule has 0 saturated carbocycles. The highest BCUT2D eigenvalue weighted by atomic mass is 16.2. The molecule has 190 valence electrons. The molecule has 8 nitrogen and oxygen atoms in total. The molecule has 3 atom stereocenters. The first-order chi connectivity index (χ1) is 17.8. The van der Waals surface area contributed by atoms with Gasteiger partial charge in [0.05, 0.1) is 18.1 Å². The molecule has 2 fully saturated rings. The first-order valence-corrected chi connectivity index (χ1v) is 12.7. The van der Waals surface area contributed by atoms with Gasteiger partial charge in [0.25, 0.3) is 11.8 Å². The number of nitrogens with one attached hydrogen (secondary N) is 1. The minimum atomic E-state index is -0.800. The fraction of sp³-hybridized carbons (Fsp3) is 0.345. The van der Waals surface area contributed by atoms with Gasteiger partial charge in [-0.3, -0.25) is 19.2 Å². The summed E-state index contributed by atoms with van der Waals surface area (Å²) in [6, 6.07) is 18.0. The van der Waals surface area contributed by atoms with Crippen molar-refractivity contribution in [3.8, 4) is 0 Å². The zero-order chi connectivity index (χ0) is 26.1. The normalized spacial score (nSPS) is 19.8. The number of fused-ring (bicyclic) bond motifs is 2. The smallest absolute Gasteiger partial charge is 0.270 e. The molecule has 2 saturated heterocycles. The average Bonchev–Trinajstić information content (AvgIpc) is 3.48. The molecule has 3 aromatic rings. The van der Waals surface area contributed by atoms with Crippen molar-refractivity contribution in [2.75, 3.05) is 13.1 Å². The topological polar surface area (TPSA) is 99.7 Å². The van der Waals surface area contributed by atoms with Gasteiger partial charge in [-0.1, -0.05) is 56.3 Å². The van der Waals surface area contributed by atoms with Crippen LogP contribution in [0, 0.1) is 5.92 Å². The highest BCUT2D eigenvalue weighted by Crippen LogP contribution is 2.32. The van der Waals surface area contributed by atoms with Crippen LogP contribution in [0.2, 0.25) is 0 Å². The van der Waals surface area contributed by atoms with E-state index in [1.807, 2.05) is 50.2 Å². The molecule has 2 aliphatic rings. The van der Waals surface area contributed by atoms with Crippen LogP contribution in [0.15, 0.2) is 66.7 Å². The van der Waals surface area contributed by atoms with Crippen LogP contribution < -0.4 is 5.32 Å². The lowest BCUT2D eigenvalue weighted by Crippen LogP contribution is -2.53. The maximum atomic E-state index is 13.7. The van der Waals surface area contributed by atoms with Crippen LogP contribution >= 0.6 is 0 Å². The zero-order valence-corrected chi connectivity index (χ0v) is 21.0. The number of aromatic nitrogens is 1. The maximum Gasteiger partial charge on any atom is 0.270 e. The highest BCUT2D eigenvalue weighted by Gasteiger charge is 2.52. The van der Waals surface area contributed by atoms with E-state index >= 15 is 0 Å². The molecule has 0 bridgehead atoms. The van der Waals surface area contributed by atoms with Gasteiger partial charge in [-0.25, -0.2) is 4.98 Å². The average molecular weight is 499 g/mol. The van der Waals surface area contributed by atoms with Crippen LogP contribution in [-0.4, -0.2) is 69.5 Å². The number of rotatable bonds is 6. The van der Waals surface area contributed by atoms with Crippen LogP contribution in [0.1, 0.15) is 47.5 Å². The molecule has 0 aliphatic carbocycles. The van der Waals surface area contributed by atoms with Gasteiger partial charge in [0.1, 0.15) is 17.8 Å². The Morgan fingerprint density at radius 3 is 2.46 bits per heavy atom. The largest absolute Gasteiger partial charge is 0.339 e. The lowest BCUT2D eigenvalue weighted by atomic mass is 10.0. The highest BCUT2D eigenvalue weighted by molar-refractivity contribution is 6.03. The third kappa shape index (κ3) is 4.83. The quantitative estimate of drug-likeness (QED) is 0.563. The summed E-state index contributed by atoms with van der Waals surface area (Å²) < 4.78 is 0. The number of nitrogens with zero attached hydrogens (tertiary/aromatic N) is 3. The first-order valence-electron chi connectivity index (χ1n) is 12.7. The summed E-state index contributed by atoms with van der Waals surface area (Å²) >= 11 is 0. The van der Waals surface area contributed by atoms with E-state index in [9.17, 15) is 19.2 Å². The van der Waals surface area contributed by atoms with E-state index < -0.39 is 18.0 Å². The third-order valence-corrected chi connectivity index (χ3v) is 7.13. The van der Waals surface area contributed by atoms with E-state index in [0.717, 1.165) is 5.39 Å². The van der Waals surface area contributed by atoms with Crippen molar-refractivity contribution < 1.29 is 19.2 Å². The van der Waals surface area contributed by atoms with E-state index in [-0.39, 0.29) is 41.8 Å². The molecule has 3 heterocycles. The number of carbonyl (C=O) groups is 4. The Bertz CT molecular complexity index is 1360. The Kier molecular flexibility index (Phi) is 6.74. The molecule has 1 aromatic heterocycles. The lowest BCUT2D eigenvalue weighted by molar-refractivity contribution is -0.138. The molecule has 1 unspecified atom stereocenters. The van der Waals surface area contributed by atoms with E-state index in [1.165, 1.54) is 0 Å². The number of Topliss-reactive ketones (excluding diaryl/α,β-unsaturated/α-hetero) is 1. The van der Waals surface area contributed by atoms with E-state index in [1.54, 1.807) is 40.1 Å². The van der Waals surface area contributed by atoms with Gasteiger partial charge in [0, 0.05) is 17.5 Å². The minimum Gasteiger partial charge on any atom is -0.339 e. The van der Waals surface area contributed by atoms with Gasteiger partial charge in [0.2, 0.25) is 5.91 Å². The molecule has 5 rings (SSSR count). The molecule has 2 aromatic carbocycles. The Balaban J connectivity index is 1.34.